The Bertz CT molecular complexity index is 476. The van der Waals surface area contributed by atoms with Crippen LogP contribution in [0.5, 0.6) is 0 Å². The summed E-state index contributed by atoms with van der Waals surface area (Å²) in [6, 6.07) is 10.4. The molecular formula is C17H27N3O2. The van der Waals surface area contributed by atoms with E-state index in [0.29, 0.717) is 19.7 Å². The number of carbonyl (C=O) groups is 1. The Kier molecular flexibility index (Phi) is 5.94. The van der Waals surface area contributed by atoms with Crippen molar-refractivity contribution in [2.75, 3.05) is 32.8 Å². The average Bonchev–Trinajstić information content (AvgIpc) is 2.54. The van der Waals surface area contributed by atoms with Gasteiger partial charge in [-0.05, 0) is 19.4 Å². The predicted octanol–water partition coefficient (Wildman–Crippen LogP) is 0.989. The molecule has 22 heavy (non-hydrogen) atoms. The van der Waals surface area contributed by atoms with Gasteiger partial charge >= 0.3 is 0 Å². The zero-order valence-corrected chi connectivity index (χ0v) is 13.5. The molecule has 5 heteroatoms. The molecule has 0 saturated carbocycles. The number of benzene rings is 1. The number of rotatable bonds is 6. The van der Waals surface area contributed by atoms with Gasteiger partial charge in [-0.3, -0.25) is 9.69 Å². The van der Waals surface area contributed by atoms with Crippen molar-refractivity contribution in [3.63, 3.8) is 0 Å². The SMILES string of the molecule is CC(C)(CN)C(=O)NCC1CN(Cc2ccccc2)CCO1. The van der Waals surface area contributed by atoms with Gasteiger partial charge in [0.2, 0.25) is 5.91 Å². The Morgan fingerprint density at radius 3 is 2.82 bits per heavy atom. The largest absolute Gasteiger partial charge is 0.374 e. The number of nitrogens with one attached hydrogen (secondary N) is 1. The number of nitrogens with zero attached hydrogens (tertiary/aromatic N) is 1. The maximum absolute atomic E-state index is 12.1. The summed E-state index contributed by atoms with van der Waals surface area (Å²) in [5, 5.41) is 2.96. The molecule has 0 aliphatic carbocycles. The fourth-order valence-corrected chi connectivity index (χ4v) is 2.43. The third kappa shape index (κ3) is 4.80. The molecule has 1 aromatic rings. The second-order valence-corrected chi connectivity index (χ2v) is 6.51. The molecule has 0 bridgehead atoms. The van der Waals surface area contributed by atoms with Crippen molar-refractivity contribution in [1.29, 1.82) is 0 Å². The molecule has 1 atom stereocenters. The summed E-state index contributed by atoms with van der Waals surface area (Å²) < 4.78 is 5.75. The molecular weight excluding hydrogens is 278 g/mol. The summed E-state index contributed by atoms with van der Waals surface area (Å²) in [6.45, 7) is 7.96. The summed E-state index contributed by atoms with van der Waals surface area (Å²) >= 11 is 0. The number of morpholine rings is 1. The van der Waals surface area contributed by atoms with Crippen LogP contribution >= 0.6 is 0 Å². The van der Waals surface area contributed by atoms with Crippen LogP contribution in [-0.2, 0) is 16.1 Å². The van der Waals surface area contributed by atoms with Crippen molar-refractivity contribution in [3.8, 4) is 0 Å². The normalized spacial score (nSPS) is 19.9. The molecule has 122 valence electrons. The third-order valence-corrected chi connectivity index (χ3v) is 4.09. The van der Waals surface area contributed by atoms with Crippen molar-refractivity contribution in [1.82, 2.24) is 10.2 Å². The number of hydrogen-bond acceptors (Lipinski definition) is 4. The van der Waals surface area contributed by atoms with E-state index in [0.717, 1.165) is 19.6 Å². The lowest BCUT2D eigenvalue weighted by molar-refractivity contribution is -0.130. The number of amides is 1. The van der Waals surface area contributed by atoms with Crippen molar-refractivity contribution < 1.29 is 9.53 Å². The van der Waals surface area contributed by atoms with Crippen LogP contribution in [0.25, 0.3) is 0 Å². The maximum atomic E-state index is 12.1. The molecule has 1 aliphatic rings. The van der Waals surface area contributed by atoms with E-state index in [9.17, 15) is 4.79 Å². The Morgan fingerprint density at radius 2 is 2.14 bits per heavy atom. The lowest BCUT2D eigenvalue weighted by Crippen LogP contribution is -2.50. The molecule has 0 spiro atoms. The van der Waals surface area contributed by atoms with Gasteiger partial charge in [0.05, 0.1) is 18.1 Å². The van der Waals surface area contributed by atoms with Crippen LogP contribution in [0.3, 0.4) is 0 Å². The van der Waals surface area contributed by atoms with E-state index < -0.39 is 5.41 Å². The van der Waals surface area contributed by atoms with Crippen molar-refractivity contribution in [3.05, 3.63) is 35.9 Å². The average molecular weight is 305 g/mol. The van der Waals surface area contributed by atoms with Crippen LogP contribution in [0, 0.1) is 5.41 Å². The molecule has 1 unspecified atom stereocenters. The third-order valence-electron chi connectivity index (χ3n) is 4.09. The van der Waals surface area contributed by atoms with Crippen LogP contribution in [0.1, 0.15) is 19.4 Å². The zero-order valence-electron chi connectivity index (χ0n) is 13.5. The van der Waals surface area contributed by atoms with E-state index in [4.69, 9.17) is 10.5 Å². The van der Waals surface area contributed by atoms with Gasteiger partial charge in [-0.25, -0.2) is 0 Å². The van der Waals surface area contributed by atoms with E-state index in [1.165, 1.54) is 5.56 Å². The number of hydrogen-bond donors (Lipinski definition) is 2. The lowest BCUT2D eigenvalue weighted by Gasteiger charge is -2.33. The zero-order chi connectivity index (χ0) is 16.0. The van der Waals surface area contributed by atoms with Gasteiger partial charge in [-0.15, -0.1) is 0 Å². The smallest absolute Gasteiger partial charge is 0.227 e. The van der Waals surface area contributed by atoms with Gasteiger partial charge in [0.15, 0.2) is 0 Å². The topological polar surface area (TPSA) is 67.6 Å². The van der Waals surface area contributed by atoms with Crippen LogP contribution in [0.2, 0.25) is 0 Å². The van der Waals surface area contributed by atoms with Gasteiger partial charge in [0.1, 0.15) is 0 Å². The van der Waals surface area contributed by atoms with E-state index >= 15 is 0 Å². The number of ether oxygens (including phenoxy) is 1. The quantitative estimate of drug-likeness (QED) is 0.822. The molecule has 2 rings (SSSR count). The van der Waals surface area contributed by atoms with Gasteiger partial charge in [0, 0.05) is 32.7 Å². The first-order chi connectivity index (χ1) is 10.5. The number of carbonyl (C=O) groups excluding carboxylic acids is 1. The summed E-state index contributed by atoms with van der Waals surface area (Å²) in [5.74, 6) is -0.0150. The highest BCUT2D eigenvalue weighted by molar-refractivity contribution is 5.82. The van der Waals surface area contributed by atoms with Crippen molar-refractivity contribution >= 4 is 5.91 Å². The highest BCUT2D eigenvalue weighted by Crippen LogP contribution is 2.13. The van der Waals surface area contributed by atoms with Crippen LogP contribution in [-0.4, -0.2) is 49.7 Å². The Labute approximate surface area is 132 Å². The van der Waals surface area contributed by atoms with Crippen molar-refractivity contribution in [2.24, 2.45) is 11.1 Å². The standard InChI is InChI=1S/C17H27N3O2/c1-17(2,13-18)16(21)19-10-15-12-20(8-9-22-15)11-14-6-4-3-5-7-14/h3-7,15H,8-13,18H2,1-2H3,(H,19,21). The first kappa shape index (κ1) is 16.9. The van der Waals surface area contributed by atoms with Crippen LogP contribution in [0.15, 0.2) is 30.3 Å². The predicted molar refractivity (Wildman–Crippen MR) is 87.3 cm³/mol. The number of nitrogens with two attached hydrogens (primary N) is 1. The van der Waals surface area contributed by atoms with Crippen molar-refractivity contribution in [2.45, 2.75) is 26.5 Å². The summed E-state index contributed by atoms with van der Waals surface area (Å²) in [4.78, 5) is 14.4. The molecule has 5 nitrogen and oxygen atoms in total. The highest BCUT2D eigenvalue weighted by atomic mass is 16.5. The van der Waals surface area contributed by atoms with Crippen LogP contribution < -0.4 is 11.1 Å². The second kappa shape index (κ2) is 7.72. The fraction of sp³-hybridized carbons (Fsp3) is 0.588. The van der Waals surface area contributed by atoms with Gasteiger partial charge in [0.25, 0.3) is 0 Å². The van der Waals surface area contributed by atoms with E-state index in [2.05, 4.69) is 34.5 Å². The molecule has 1 aliphatic heterocycles. The Morgan fingerprint density at radius 1 is 1.41 bits per heavy atom. The molecule has 1 fully saturated rings. The van der Waals surface area contributed by atoms with E-state index in [1.807, 2.05) is 19.9 Å². The van der Waals surface area contributed by atoms with Gasteiger partial charge in [-0.2, -0.15) is 0 Å². The molecule has 1 heterocycles. The minimum atomic E-state index is -0.529. The first-order valence-electron chi connectivity index (χ1n) is 7.87. The minimum Gasteiger partial charge on any atom is -0.374 e. The molecule has 0 aromatic heterocycles. The van der Waals surface area contributed by atoms with Gasteiger partial charge in [-0.1, -0.05) is 30.3 Å². The molecule has 3 N–H and O–H groups in total. The molecule has 1 amide bonds. The first-order valence-corrected chi connectivity index (χ1v) is 7.87. The van der Waals surface area contributed by atoms with E-state index in [-0.39, 0.29) is 12.0 Å². The molecule has 1 aromatic carbocycles. The highest BCUT2D eigenvalue weighted by Gasteiger charge is 2.27. The minimum absolute atomic E-state index is 0.0150. The second-order valence-electron chi connectivity index (χ2n) is 6.51. The monoisotopic (exact) mass is 305 g/mol. The summed E-state index contributed by atoms with van der Waals surface area (Å²) in [6.07, 6.45) is 0.0370. The Hall–Kier alpha value is -1.43. The van der Waals surface area contributed by atoms with Gasteiger partial charge < -0.3 is 15.8 Å². The maximum Gasteiger partial charge on any atom is 0.227 e. The van der Waals surface area contributed by atoms with E-state index in [1.54, 1.807) is 0 Å². The summed E-state index contributed by atoms with van der Waals surface area (Å²) in [5.41, 5.74) is 6.40. The lowest BCUT2D eigenvalue weighted by atomic mass is 9.92. The molecule has 0 radical (unpaired) electrons. The Balaban J connectivity index is 1.80. The fourth-order valence-electron chi connectivity index (χ4n) is 2.43. The van der Waals surface area contributed by atoms with Crippen LogP contribution in [0.4, 0.5) is 0 Å². The molecule has 1 saturated heterocycles. The summed E-state index contributed by atoms with van der Waals surface area (Å²) in [7, 11) is 0.